The molecule has 0 fully saturated rings. The van der Waals surface area contributed by atoms with Crippen LogP contribution in [0.25, 0.3) is 0 Å². The van der Waals surface area contributed by atoms with E-state index in [2.05, 4.69) is 10.6 Å². The molecule has 0 unspecified atom stereocenters. The van der Waals surface area contributed by atoms with Crippen LogP contribution in [0.1, 0.15) is 16.8 Å². The van der Waals surface area contributed by atoms with E-state index < -0.39 is 0 Å². The van der Waals surface area contributed by atoms with Gasteiger partial charge < -0.3 is 21.5 Å². The number of benzene rings is 1. The fourth-order valence-corrected chi connectivity index (χ4v) is 1.35. The Morgan fingerprint density at radius 3 is 2.53 bits per heavy atom. The summed E-state index contributed by atoms with van der Waals surface area (Å²) in [6, 6.07) is 7.20. The highest BCUT2D eigenvalue weighted by molar-refractivity contribution is 5.94. The lowest BCUT2D eigenvalue weighted by molar-refractivity contribution is 0.0945. The number of carbonyl (C=O) groups excluding carboxylic acids is 1. The average Bonchev–Trinajstić information content (AvgIpc) is 2.37. The molecule has 1 aromatic rings. The summed E-state index contributed by atoms with van der Waals surface area (Å²) in [5.41, 5.74) is 6.95. The minimum absolute atomic E-state index is 0.0511. The van der Waals surface area contributed by atoms with Crippen LogP contribution in [-0.4, -0.2) is 37.3 Å². The van der Waals surface area contributed by atoms with Crippen molar-refractivity contribution in [3.63, 3.8) is 0 Å². The molecule has 0 aliphatic rings. The topological polar surface area (TPSA) is 87.4 Å². The Morgan fingerprint density at radius 2 is 1.94 bits per heavy atom. The zero-order valence-electron chi connectivity index (χ0n) is 9.78. The molecule has 0 aliphatic carbocycles. The third kappa shape index (κ3) is 4.84. The van der Waals surface area contributed by atoms with E-state index in [9.17, 15) is 4.79 Å². The van der Waals surface area contributed by atoms with E-state index >= 15 is 0 Å². The lowest BCUT2D eigenvalue weighted by atomic mass is 10.2. The van der Waals surface area contributed by atoms with E-state index in [1.807, 2.05) is 12.1 Å². The Labute approximate surface area is 101 Å². The molecule has 0 aliphatic heterocycles. The lowest BCUT2D eigenvalue weighted by Crippen LogP contribution is -2.26. The molecule has 94 valence electrons. The van der Waals surface area contributed by atoms with Gasteiger partial charge in [-0.05, 0) is 37.2 Å². The average molecular weight is 237 g/mol. The maximum Gasteiger partial charge on any atom is 0.251 e. The van der Waals surface area contributed by atoms with Crippen LogP contribution in [0.4, 0.5) is 5.69 Å². The largest absolute Gasteiger partial charge is 0.395 e. The van der Waals surface area contributed by atoms with Crippen molar-refractivity contribution in [1.82, 2.24) is 5.32 Å². The van der Waals surface area contributed by atoms with Gasteiger partial charge in [-0.1, -0.05) is 0 Å². The summed E-state index contributed by atoms with van der Waals surface area (Å²) >= 11 is 0. The summed E-state index contributed by atoms with van der Waals surface area (Å²) in [5.74, 6) is -0.174. The number of aliphatic hydroxyl groups excluding tert-OH is 1. The zero-order chi connectivity index (χ0) is 12.5. The number of rotatable bonds is 7. The molecule has 0 saturated heterocycles. The van der Waals surface area contributed by atoms with Crippen LogP contribution in [-0.2, 0) is 0 Å². The molecule has 5 nitrogen and oxygen atoms in total. The summed E-state index contributed by atoms with van der Waals surface area (Å²) in [4.78, 5) is 11.5. The molecular weight excluding hydrogens is 218 g/mol. The fourth-order valence-electron chi connectivity index (χ4n) is 1.35. The second kappa shape index (κ2) is 7.65. The van der Waals surface area contributed by atoms with Gasteiger partial charge in [0.1, 0.15) is 0 Å². The first-order valence-electron chi connectivity index (χ1n) is 5.71. The van der Waals surface area contributed by atoms with Gasteiger partial charge in [0.25, 0.3) is 5.91 Å². The second-order valence-electron chi connectivity index (χ2n) is 3.63. The molecule has 5 heteroatoms. The fraction of sp³-hybridized carbons (Fsp3) is 0.417. The molecule has 0 radical (unpaired) electrons. The Kier molecular flexibility index (Phi) is 6.06. The van der Waals surface area contributed by atoms with Crippen molar-refractivity contribution in [3.05, 3.63) is 29.8 Å². The van der Waals surface area contributed by atoms with Gasteiger partial charge in [-0.25, -0.2) is 0 Å². The highest BCUT2D eigenvalue weighted by atomic mass is 16.3. The van der Waals surface area contributed by atoms with E-state index in [1.165, 1.54) is 0 Å². The summed E-state index contributed by atoms with van der Waals surface area (Å²) in [6.07, 6.45) is 0.915. The minimum atomic E-state index is -0.174. The number of nitrogens with two attached hydrogens (primary N) is 1. The molecule has 0 bridgehead atoms. The van der Waals surface area contributed by atoms with Crippen molar-refractivity contribution >= 4 is 11.6 Å². The first kappa shape index (κ1) is 13.5. The van der Waals surface area contributed by atoms with Crippen molar-refractivity contribution in [2.24, 2.45) is 5.73 Å². The Balaban J connectivity index is 2.46. The van der Waals surface area contributed by atoms with Gasteiger partial charge >= 0.3 is 0 Å². The van der Waals surface area contributed by atoms with Gasteiger partial charge in [0, 0.05) is 24.3 Å². The smallest absolute Gasteiger partial charge is 0.251 e. The Hall–Kier alpha value is -1.59. The zero-order valence-corrected chi connectivity index (χ0v) is 9.78. The predicted octanol–water partition coefficient (Wildman–Crippen LogP) is 0.169. The van der Waals surface area contributed by atoms with Crippen LogP contribution in [0.3, 0.4) is 0 Å². The van der Waals surface area contributed by atoms with Crippen LogP contribution in [0.15, 0.2) is 24.3 Å². The van der Waals surface area contributed by atoms with E-state index in [-0.39, 0.29) is 19.1 Å². The molecular formula is C12H19N3O2. The number of carbonyl (C=O) groups is 1. The number of hydrogen-bond acceptors (Lipinski definition) is 4. The quantitative estimate of drug-likeness (QED) is 0.509. The normalized spacial score (nSPS) is 10.0. The monoisotopic (exact) mass is 237 g/mol. The van der Waals surface area contributed by atoms with E-state index in [0.29, 0.717) is 12.1 Å². The number of hydrogen-bond donors (Lipinski definition) is 4. The van der Waals surface area contributed by atoms with Crippen molar-refractivity contribution < 1.29 is 9.90 Å². The van der Waals surface area contributed by atoms with Gasteiger partial charge in [-0.3, -0.25) is 4.79 Å². The van der Waals surface area contributed by atoms with E-state index in [4.69, 9.17) is 10.8 Å². The first-order chi connectivity index (χ1) is 8.27. The molecule has 0 spiro atoms. The van der Waals surface area contributed by atoms with Crippen LogP contribution < -0.4 is 16.4 Å². The third-order valence-electron chi connectivity index (χ3n) is 2.25. The van der Waals surface area contributed by atoms with Gasteiger partial charge in [0.05, 0.1) is 6.61 Å². The van der Waals surface area contributed by atoms with Crippen molar-refractivity contribution in [2.75, 3.05) is 31.6 Å². The van der Waals surface area contributed by atoms with Crippen LogP contribution >= 0.6 is 0 Å². The summed E-state index contributed by atoms with van der Waals surface area (Å²) < 4.78 is 0. The Morgan fingerprint density at radius 1 is 1.24 bits per heavy atom. The number of anilines is 1. The summed E-state index contributed by atoms with van der Waals surface area (Å²) in [7, 11) is 0. The standard InChI is InChI=1S/C12H19N3O2/c13-6-1-7-14-11-4-2-10(3-5-11)12(17)15-8-9-16/h2-5,14,16H,1,6-9,13H2,(H,15,17). The number of aliphatic hydroxyl groups is 1. The molecule has 1 rings (SSSR count). The third-order valence-corrected chi connectivity index (χ3v) is 2.25. The molecule has 17 heavy (non-hydrogen) atoms. The van der Waals surface area contributed by atoms with Gasteiger partial charge in [0.2, 0.25) is 0 Å². The molecule has 0 heterocycles. The first-order valence-corrected chi connectivity index (χ1v) is 5.71. The summed E-state index contributed by atoms with van der Waals surface area (Å²) in [6.45, 7) is 1.71. The van der Waals surface area contributed by atoms with E-state index in [1.54, 1.807) is 12.1 Å². The molecule has 0 atom stereocenters. The highest BCUT2D eigenvalue weighted by Gasteiger charge is 2.03. The molecule has 0 saturated carbocycles. The number of nitrogens with one attached hydrogen (secondary N) is 2. The highest BCUT2D eigenvalue weighted by Crippen LogP contribution is 2.09. The van der Waals surface area contributed by atoms with Gasteiger partial charge in [-0.15, -0.1) is 0 Å². The molecule has 0 aromatic heterocycles. The van der Waals surface area contributed by atoms with Gasteiger partial charge in [-0.2, -0.15) is 0 Å². The predicted molar refractivity (Wildman–Crippen MR) is 68.0 cm³/mol. The van der Waals surface area contributed by atoms with Crippen molar-refractivity contribution in [2.45, 2.75) is 6.42 Å². The maximum atomic E-state index is 11.5. The van der Waals surface area contributed by atoms with Gasteiger partial charge in [0.15, 0.2) is 0 Å². The second-order valence-corrected chi connectivity index (χ2v) is 3.63. The van der Waals surface area contributed by atoms with E-state index in [0.717, 1.165) is 18.7 Å². The van der Waals surface area contributed by atoms with Crippen LogP contribution in [0.5, 0.6) is 0 Å². The lowest BCUT2D eigenvalue weighted by Gasteiger charge is -2.07. The van der Waals surface area contributed by atoms with Crippen LogP contribution in [0.2, 0.25) is 0 Å². The molecule has 1 amide bonds. The minimum Gasteiger partial charge on any atom is -0.395 e. The number of amides is 1. The van der Waals surface area contributed by atoms with Crippen molar-refractivity contribution in [3.8, 4) is 0 Å². The molecule has 5 N–H and O–H groups in total. The Bertz CT molecular complexity index is 338. The summed E-state index contributed by atoms with van der Waals surface area (Å²) in [5, 5.41) is 14.4. The maximum absolute atomic E-state index is 11.5. The SMILES string of the molecule is NCCCNc1ccc(C(=O)NCCO)cc1. The van der Waals surface area contributed by atoms with Crippen molar-refractivity contribution in [1.29, 1.82) is 0 Å². The van der Waals surface area contributed by atoms with Crippen LogP contribution in [0, 0.1) is 0 Å². The molecule has 1 aromatic carbocycles.